The summed E-state index contributed by atoms with van der Waals surface area (Å²) in [4.78, 5) is 28.2. The first kappa shape index (κ1) is 22.5. The summed E-state index contributed by atoms with van der Waals surface area (Å²) in [6.45, 7) is 2.38. The number of benzene rings is 1. The Morgan fingerprint density at radius 1 is 1.38 bits per heavy atom. The standard InChI is InChI=1S/C23H26ClN5O2S/c1-28(2)9-8-17(30)21-26-22(25-12-14-5-6-18(31-4)16(24)11-14)20-15-7-10-29(3)13-19(15)32-23(20)27-21/h5-6,8-9,11H,7,10,12-13H2,1-4H3,(H,25,26,27)/b9-8-. The van der Waals surface area contributed by atoms with Crippen molar-refractivity contribution in [3.05, 3.63) is 57.3 Å². The topological polar surface area (TPSA) is 70.6 Å². The van der Waals surface area contributed by atoms with Gasteiger partial charge in [0.1, 0.15) is 16.4 Å². The van der Waals surface area contributed by atoms with Gasteiger partial charge in [0, 0.05) is 50.9 Å². The summed E-state index contributed by atoms with van der Waals surface area (Å²) in [5.41, 5.74) is 2.27. The zero-order valence-corrected chi connectivity index (χ0v) is 20.2. The second kappa shape index (κ2) is 9.44. The lowest BCUT2D eigenvalue weighted by Gasteiger charge is -2.22. The van der Waals surface area contributed by atoms with Crippen LogP contribution in [0.5, 0.6) is 5.75 Å². The third-order valence-electron chi connectivity index (χ3n) is 5.31. The smallest absolute Gasteiger partial charge is 0.224 e. The number of anilines is 1. The molecule has 0 bridgehead atoms. The van der Waals surface area contributed by atoms with Gasteiger partial charge in [0.15, 0.2) is 0 Å². The molecule has 32 heavy (non-hydrogen) atoms. The molecule has 7 nitrogen and oxygen atoms in total. The minimum absolute atomic E-state index is 0.192. The van der Waals surface area contributed by atoms with Crippen molar-refractivity contribution in [1.82, 2.24) is 19.8 Å². The first-order valence-corrected chi connectivity index (χ1v) is 11.5. The number of nitrogens with zero attached hydrogens (tertiary/aromatic N) is 4. The molecule has 0 spiro atoms. The van der Waals surface area contributed by atoms with Gasteiger partial charge >= 0.3 is 0 Å². The van der Waals surface area contributed by atoms with Gasteiger partial charge in [-0.05, 0) is 36.7 Å². The molecule has 0 unspecified atom stereocenters. The number of carbonyl (C=O) groups is 1. The van der Waals surface area contributed by atoms with Crippen LogP contribution in [0.2, 0.25) is 5.02 Å². The fourth-order valence-electron chi connectivity index (χ4n) is 3.66. The van der Waals surface area contributed by atoms with Crippen molar-refractivity contribution in [2.24, 2.45) is 0 Å². The van der Waals surface area contributed by atoms with Crippen LogP contribution in [0.4, 0.5) is 5.82 Å². The van der Waals surface area contributed by atoms with Gasteiger partial charge in [-0.1, -0.05) is 17.7 Å². The molecule has 0 saturated carbocycles. The van der Waals surface area contributed by atoms with Gasteiger partial charge in [-0.2, -0.15) is 0 Å². The highest BCUT2D eigenvalue weighted by Crippen LogP contribution is 2.37. The molecule has 2 aromatic heterocycles. The summed E-state index contributed by atoms with van der Waals surface area (Å²) in [5.74, 6) is 1.29. The molecule has 3 heterocycles. The van der Waals surface area contributed by atoms with Gasteiger partial charge in [0.25, 0.3) is 0 Å². The predicted octanol–water partition coefficient (Wildman–Crippen LogP) is 4.21. The van der Waals surface area contributed by atoms with Gasteiger partial charge in [0.2, 0.25) is 11.6 Å². The molecular formula is C23H26ClN5O2S. The van der Waals surface area contributed by atoms with Crippen LogP contribution in [-0.4, -0.2) is 60.3 Å². The van der Waals surface area contributed by atoms with Crippen LogP contribution in [0.25, 0.3) is 10.2 Å². The molecule has 4 rings (SSSR count). The Kier molecular flexibility index (Phi) is 6.64. The van der Waals surface area contributed by atoms with E-state index >= 15 is 0 Å². The lowest BCUT2D eigenvalue weighted by atomic mass is 10.1. The van der Waals surface area contributed by atoms with E-state index in [-0.39, 0.29) is 11.6 Å². The van der Waals surface area contributed by atoms with E-state index in [1.165, 1.54) is 16.5 Å². The van der Waals surface area contributed by atoms with E-state index in [1.54, 1.807) is 24.6 Å². The number of methoxy groups -OCH3 is 1. The van der Waals surface area contributed by atoms with Crippen molar-refractivity contribution in [3.8, 4) is 5.75 Å². The van der Waals surface area contributed by atoms with Gasteiger partial charge in [-0.3, -0.25) is 4.79 Å². The number of hydrogen-bond acceptors (Lipinski definition) is 8. The minimum atomic E-state index is -0.223. The summed E-state index contributed by atoms with van der Waals surface area (Å²) in [7, 11) is 7.44. The van der Waals surface area contributed by atoms with Crippen LogP contribution in [0.15, 0.2) is 30.5 Å². The summed E-state index contributed by atoms with van der Waals surface area (Å²) in [6.07, 6.45) is 4.14. The van der Waals surface area contributed by atoms with Crippen molar-refractivity contribution in [3.63, 3.8) is 0 Å². The molecule has 9 heteroatoms. The highest BCUT2D eigenvalue weighted by molar-refractivity contribution is 7.19. The number of allylic oxidation sites excluding steroid dienone is 1. The molecule has 1 aliphatic heterocycles. The van der Waals surface area contributed by atoms with E-state index in [4.69, 9.17) is 16.3 Å². The molecule has 168 valence electrons. The maximum absolute atomic E-state index is 12.7. The molecule has 3 aromatic rings. The van der Waals surface area contributed by atoms with E-state index < -0.39 is 0 Å². The minimum Gasteiger partial charge on any atom is -0.495 e. The normalized spacial score (nSPS) is 14.0. The average molecular weight is 472 g/mol. The number of thiophene rings is 1. The SMILES string of the molecule is COc1ccc(CNc2nc(C(=O)/C=C\N(C)C)nc3sc4c(c23)CCN(C)C4)cc1Cl. The fourth-order valence-corrected chi connectivity index (χ4v) is 5.24. The van der Waals surface area contributed by atoms with Gasteiger partial charge in [-0.25, -0.2) is 9.97 Å². The lowest BCUT2D eigenvalue weighted by Crippen LogP contribution is -2.25. The molecule has 0 saturated heterocycles. The number of halogens is 1. The predicted molar refractivity (Wildman–Crippen MR) is 130 cm³/mol. The van der Waals surface area contributed by atoms with Crippen LogP contribution in [0.1, 0.15) is 26.6 Å². The Balaban J connectivity index is 1.72. The number of nitrogens with one attached hydrogen (secondary N) is 1. The van der Waals surface area contributed by atoms with Crippen molar-refractivity contribution < 1.29 is 9.53 Å². The number of fused-ring (bicyclic) bond motifs is 3. The number of ether oxygens (including phenoxy) is 1. The third kappa shape index (κ3) is 4.72. The van der Waals surface area contributed by atoms with Crippen molar-refractivity contribution in [2.75, 3.05) is 40.1 Å². The Labute approximate surface area is 196 Å². The largest absolute Gasteiger partial charge is 0.495 e. The van der Waals surface area contributed by atoms with Crippen LogP contribution in [0.3, 0.4) is 0 Å². The monoisotopic (exact) mass is 471 g/mol. The van der Waals surface area contributed by atoms with Gasteiger partial charge < -0.3 is 19.9 Å². The number of rotatable bonds is 7. The molecule has 0 aliphatic carbocycles. The summed E-state index contributed by atoms with van der Waals surface area (Å²) >= 11 is 7.93. The number of carbonyl (C=O) groups excluding carboxylic acids is 1. The van der Waals surface area contributed by atoms with E-state index in [0.29, 0.717) is 23.1 Å². The maximum Gasteiger partial charge on any atom is 0.224 e. The molecule has 1 N–H and O–H groups in total. The number of aromatic nitrogens is 2. The van der Waals surface area contributed by atoms with Gasteiger partial charge in [0.05, 0.1) is 17.5 Å². The van der Waals surface area contributed by atoms with E-state index in [2.05, 4.69) is 27.2 Å². The molecule has 0 atom stereocenters. The number of likely N-dealkylation sites (N-methyl/N-ethyl adjacent to an activating group) is 1. The van der Waals surface area contributed by atoms with Gasteiger partial charge in [-0.15, -0.1) is 11.3 Å². The lowest BCUT2D eigenvalue weighted by molar-refractivity contribution is 0.103. The summed E-state index contributed by atoms with van der Waals surface area (Å²) < 4.78 is 5.24. The molecule has 1 aromatic carbocycles. The van der Waals surface area contributed by atoms with E-state index in [0.717, 1.165) is 35.3 Å². The van der Waals surface area contributed by atoms with Crippen molar-refractivity contribution in [1.29, 1.82) is 0 Å². The first-order valence-electron chi connectivity index (χ1n) is 10.3. The second-order valence-electron chi connectivity index (χ2n) is 8.03. The highest BCUT2D eigenvalue weighted by Gasteiger charge is 2.24. The molecule has 1 aliphatic rings. The quantitative estimate of drug-likeness (QED) is 0.408. The third-order valence-corrected chi connectivity index (χ3v) is 6.72. The second-order valence-corrected chi connectivity index (χ2v) is 9.52. The van der Waals surface area contributed by atoms with Crippen LogP contribution < -0.4 is 10.1 Å². The Morgan fingerprint density at radius 2 is 2.19 bits per heavy atom. The first-order chi connectivity index (χ1) is 15.4. The van der Waals surface area contributed by atoms with E-state index in [1.807, 2.05) is 37.2 Å². The highest BCUT2D eigenvalue weighted by atomic mass is 35.5. The maximum atomic E-state index is 12.7. The zero-order valence-electron chi connectivity index (χ0n) is 18.6. The van der Waals surface area contributed by atoms with Crippen molar-refractivity contribution in [2.45, 2.75) is 19.5 Å². The van der Waals surface area contributed by atoms with Crippen molar-refractivity contribution >= 4 is 44.8 Å². The van der Waals surface area contributed by atoms with Crippen LogP contribution >= 0.6 is 22.9 Å². The fraction of sp³-hybridized carbons (Fsp3) is 0.348. The van der Waals surface area contributed by atoms with Crippen LogP contribution in [-0.2, 0) is 19.5 Å². The molecule has 0 amide bonds. The Morgan fingerprint density at radius 3 is 2.91 bits per heavy atom. The zero-order chi connectivity index (χ0) is 22.8. The Bertz CT molecular complexity index is 1190. The molecule has 0 fully saturated rings. The Hall–Kier alpha value is -2.68. The van der Waals surface area contributed by atoms with Crippen LogP contribution in [0, 0.1) is 0 Å². The molecular weight excluding hydrogens is 446 g/mol. The number of hydrogen-bond donors (Lipinski definition) is 1. The summed E-state index contributed by atoms with van der Waals surface area (Å²) in [5, 5.41) is 5.01. The summed E-state index contributed by atoms with van der Waals surface area (Å²) in [6, 6.07) is 5.67. The number of ketones is 1. The van der Waals surface area contributed by atoms with E-state index in [9.17, 15) is 4.79 Å². The average Bonchev–Trinajstić information content (AvgIpc) is 3.13. The molecule has 0 radical (unpaired) electrons.